The minimum absolute atomic E-state index is 0.0589. The Balaban J connectivity index is 2.04. The van der Waals surface area contributed by atoms with Crippen molar-refractivity contribution >= 4 is 17.6 Å². The first-order valence-electron chi connectivity index (χ1n) is 6.85. The second kappa shape index (κ2) is 6.09. The summed E-state index contributed by atoms with van der Waals surface area (Å²) in [7, 11) is 0. The molecule has 0 amide bonds. The number of hydrogen-bond donors (Lipinski definition) is 3. The lowest BCUT2D eigenvalue weighted by Crippen LogP contribution is -2.32. The molecular formula is C16H16N6. The van der Waals surface area contributed by atoms with Gasteiger partial charge in [-0.25, -0.2) is 10.4 Å². The van der Waals surface area contributed by atoms with Gasteiger partial charge in [-0.3, -0.25) is 0 Å². The fourth-order valence-corrected chi connectivity index (χ4v) is 2.26. The average Bonchev–Trinajstić information content (AvgIpc) is 2.56. The standard InChI is InChI=1S/C16H16N6/c17-15(18)20-16-19-13(11-7-3-1-4-8-11)14(21-22-16)12-9-5-2-6-10-12/h1-10,13H,(H5,17,18,19,20,22). The smallest absolute Gasteiger partial charge is 0.243 e. The fourth-order valence-electron chi connectivity index (χ4n) is 2.26. The van der Waals surface area contributed by atoms with E-state index in [-0.39, 0.29) is 12.0 Å². The Morgan fingerprint density at radius 3 is 2.23 bits per heavy atom. The van der Waals surface area contributed by atoms with Crippen LogP contribution in [0.25, 0.3) is 0 Å². The van der Waals surface area contributed by atoms with E-state index in [9.17, 15) is 0 Å². The van der Waals surface area contributed by atoms with Crippen LogP contribution in [0.1, 0.15) is 17.2 Å². The highest BCUT2D eigenvalue weighted by Crippen LogP contribution is 2.25. The molecule has 5 N–H and O–H groups in total. The van der Waals surface area contributed by atoms with E-state index in [4.69, 9.17) is 11.5 Å². The summed E-state index contributed by atoms with van der Waals surface area (Å²) in [6, 6.07) is 19.5. The third-order valence-electron chi connectivity index (χ3n) is 3.21. The zero-order valence-corrected chi connectivity index (χ0v) is 11.8. The van der Waals surface area contributed by atoms with Crippen molar-refractivity contribution in [2.24, 2.45) is 26.6 Å². The van der Waals surface area contributed by atoms with Crippen LogP contribution in [0.15, 0.2) is 75.7 Å². The summed E-state index contributed by atoms with van der Waals surface area (Å²) in [5.41, 5.74) is 16.5. The van der Waals surface area contributed by atoms with Gasteiger partial charge in [0.15, 0.2) is 5.96 Å². The molecule has 2 aromatic rings. The summed E-state index contributed by atoms with van der Waals surface area (Å²) < 4.78 is 0. The maximum atomic E-state index is 5.41. The molecule has 3 rings (SSSR count). The monoisotopic (exact) mass is 292 g/mol. The van der Waals surface area contributed by atoms with Crippen LogP contribution >= 0.6 is 0 Å². The number of benzene rings is 2. The normalized spacial score (nSPS) is 17.0. The second-order valence-corrected chi connectivity index (χ2v) is 4.78. The first-order valence-corrected chi connectivity index (χ1v) is 6.85. The van der Waals surface area contributed by atoms with Crippen LogP contribution in [0.3, 0.4) is 0 Å². The van der Waals surface area contributed by atoms with Crippen molar-refractivity contribution in [1.29, 1.82) is 0 Å². The SMILES string of the molecule is NC(N)=NC1=NC(c2ccccc2)C(c2ccccc2)=NN1. The Labute approximate surface area is 128 Å². The largest absolute Gasteiger partial charge is 0.370 e. The van der Waals surface area contributed by atoms with Crippen LogP contribution in [0.4, 0.5) is 0 Å². The van der Waals surface area contributed by atoms with Crippen LogP contribution in [0.2, 0.25) is 0 Å². The number of nitrogens with zero attached hydrogens (tertiary/aromatic N) is 3. The summed E-state index contributed by atoms with van der Waals surface area (Å²) >= 11 is 0. The van der Waals surface area contributed by atoms with E-state index in [1.807, 2.05) is 60.7 Å². The van der Waals surface area contributed by atoms with Gasteiger partial charge in [0.2, 0.25) is 5.96 Å². The van der Waals surface area contributed by atoms with E-state index in [0.29, 0.717) is 5.96 Å². The molecule has 0 saturated carbocycles. The van der Waals surface area contributed by atoms with Crippen LogP contribution in [0, 0.1) is 0 Å². The zero-order valence-electron chi connectivity index (χ0n) is 11.8. The van der Waals surface area contributed by atoms with Crippen LogP contribution in [0.5, 0.6) is 0 Å². The third kappa shape index (κ3) is 2.95. The van der Waals surface area contributed by atoms with Crippen molar-refractivity contribution in [1.82, 2.24) is 5.43 Å². The third-order valence-corrected chi connectivity index (χ3v) is 3.21. The molecule has 1 aliphatic rings. The number of rotatable bonds is 2. The van der Waals surface area contributed by atoms with Crippen molar-refractivity contribution in [2.45, 2.75) is 6.04 Å². The molecule has 2 aromatic carbocycles. The van der Waals surface area contributed by atoms with Crippen LogP contribution in [-0.4, -0.2) is 17.6 Å². The van der Waals surface area contributed by atoms with E-state index >= 15 is 0 Å². The Morgan fingerprint density at radius 2 is 1.59 bits per heavy atom. The highest BCUT2D eigenvalue weighted by molar-refractivity contribution is 6.08. The van der Waals surface area contributed by atoms with E-state index < -0.39 is 0 Å². The summed E-state index contributed by atoms with van der Waals surface area (Å²) in [6.45, 7) is 0. The number of guanidine groups is 2. The van der Waals surface area contributed by atoms with Gasteiger partial charge in [0, 0.05) is 5.56 Å². The fraction of sp³-hybridized carbons (Fsp3) is 0.0625. The van der Waals surface area contributed by atoms with E-state index in [1.165, 1.54) is 0 Å². The quantitative estimate of drug-likeness (QED) is 0.575. The number of nitrogens with one attached hydrogen (secondary N) is 1. The number of hydrogen-bond acceptors (Lipinski definition) is 4. The van der Waals surface area contributed by atoms with Gasteiger partial charge in [-0.05, 0) is 5.56 Å². The maximum absolute atomic E-state index is 5.41. The van der Waals surface area contributed by atoms with Crippen molar-refractivity contribution in [2.75, 3.05) is 0 Å². The van der Waals surface area contributed by atoms with Gasteiger partial charge < -0.3 is 11.5 Å². The number of aliphatic imine (C=N–C) groups is 2. The molecule has 0 fully saturated rings. The summed E-state index contributed by atoms with van der Waals surface area (Å²) in [4.78, 5) is 8.52. The lowest BCUT2D eigenvalue weighted by Gasteiger charge is -2.21. The Hall–Kier alpha value is -3.15. The van der Waals surface area contributed by atoms with E-state index in [2.05, 4.69) is 20.5 Å². The minimum Gasteiger partial charge on any atom is -0.370 e. The Morgan fingerprint density at radius 1 is 0.955 bits per heavy atom. The molecule has 0 saturated heterocycles. The minimum atomic E-state index is -0.261. The van der Waals surface area contributed by atoms with E-state index in [0.717, 1.165) is 16.8 Å². The summed E-state index contributed by atoms with van der Waals surface area (Å²) in [5, 5.41) is 4.41. The molecule has 0 bridgehead atoms. The first kappa shape index (κ1) is 13.8. The molecule has 0 aliphatic carbocycles. The maximum Gasteiger partial charge on any atom is 0.243 e. The number of nitrogens with two attached hydrogens (primary N) is 2. The highest BCUT2D eigenvalue weighted by atomic mass is 15.4. The molecule has 1 unspecified atom stereocenters. The van der Waals surface area contributed by atoms with Crippen molar-refractivity contribution in [3.05, 3.63) is 71.8 Å². The van der Waals surface area contributed by atoms with Gasteiger partial charge in [0.1, 0.15) is 6.04 Å². The molecule has 6 nitrogen and oxygen atoms in total. The number of hydrazone groups is 1. The first-order chi connectivity index (χ1) is 10.7. The molecule has 110 valence electrons. The summed E-state index contributed by atoms with van der Waals surface area (Å²) in [5.74, 6) is 0.241. The van der Waals surface area contributed by atoms with Gasteiger partial charge in [0.05, 0.1) is 5.71 Å². The molecule has 1 aliphatic heterocycles. The molecule has 22 heavy (non-hydrogen) atoms. The molecule has 0 radical (unpaired) electrons. The highest BCUT2D eigenvalue weighted by Gasteiger charge is 2.23. The Kier molecular flexibility index (Phi) is 3.82. The zero-order chi connectivity index (χ0) is 15.4. The van der Waals surface area contributed by atoms with Gasteiger partial charge >= 0.3 is 0 Å². The van der Waals surface area contributed by atoms with Gasteiger partial charge in [-0.15, -0.1) is 0 Å². The lowest BCUT2D eigenvalue weighted by atomic mass is 9.97. The van der Waals surface area contributed by atoms with Crippen LogP contribution < -0.4 is 16.9 Å². The van der Waals surface area contributed by atoms with Gasteiger partial charge in [-0.2, -0.15) is 10.1 Å². The van der Waals surface area contributed by atoms with Crippen molar-refractivity contribution in [3.63, 3.8) is 0 Å². The second-order valence-electron chi connectivity index (χ2n) is 4.78. The average molecular weight is 292 g/mol. The van der Waals surface area contributed by atoms with E-state index in [1.54, 1.807) is 0 Å². The van der Waals surface area contributed by atoms with Crippen molar-refractivity contribution in [3.8, 4) is 0 Å². The lowest BCUT2D eigenvalue weighted by molar-refractivity contribution is 0.850. The molecule has 1 heterocycles. The molecular weight excluding hydrogens is 276 g/mol. The molecule has 0 aromatic heterocycles. The molecule has 6 heteroatoms. The molecule has 1 atom stereocenters. The van der Waals surface area contributed by atoms with Gasteiger partial charge in [0.25, 0.3) is 0 Å². The Bertz CT molecular complexity index is 730. The van der Waals surface area contributed by atoms with Gasteiger partial charge in [-0.1, -0.05) is 60.7 Å². The van der Waals surface area contributed by atoms with Crippen LogP contribution in [-0.2, 0) is 0 Å². The predicted molar refractivity (Wildman–Crippen MR) is 88.5 cm³/mol. The predicted octanol–water partition coefficient (Wildman–Crippen LogP) is 1.36. The molecule has 0 spiro atoms. The van der Waals surface area contributed by atoms with Crippen molar-refractivity contribution < 1.29 is 0 Å². The summed E-state index contributed by atoms with van der Waals surface area (Å²) in [6.07, 6.45) is 0. The topological polar surface area (TPSA) is 101 Å².